The molecule has 0 unspecified atom stereocenters. The quantitative estimate of drug-likeness (QED) is 0.225. The second-order valence-electron chi connectivity index (χ2n) is 10.9. The molecule has 210 valence electrons. The fraction of sp³-hybridized carbons (Fsp3) is 0.0270. The lowest BCUT2D eigenvalue weighted by atomic mass is 10.1. The van der Waals surface area contributed by atoms with E-state index in [1.165, 1.54) is 0 Å². The predicted octanol–water partition coefficient (Wildman–Crippen LogP) is 6.20. The van der Waals surface area contributed by atoms with Gasteiger partial charge in [0.05, 0.1) is 5.69 Å². The van der Waals surface area contributed by atoms with Gasteiger partial charge in [0.25, 0.3) is 8.32 Å². The van der Waals surface area contributed by atoms with E-state index >= 15 is 0 Å². The first-order valence-corrected chi connectivity index (χ1v) is 18.0. The minimum Gasteiger partial charge on any atom is -0.587 e. The zero-order valence-corrected chi connectivity index (χ0v) is 26.2. The Balaban J connectivity index is 1.44. The molecule has 0 aliphatic carbocycles. The Morgan fingerprint density at radius 1 is 0.591 bits per heavy atom. The molecule has 7 heteroatoms. The maximum atomic E-state index is 7.59. The molecule has 0 radical (unpaired) electrons. The number of aryl methyl sites for hydroxylation is 1. The average molecular weight is 603 g/mol. The predicted molar refractivity (Wildman–Crippen MR) is 179 cm³/mol. The molecule has 2 bridgehead atoms. The first-order valence-electron chi connectivity index (χ1n) is 14.7. The number of para-hydroxylation sites is 2. The topological polar surface area (TPSA) is 53.5 Å². The molecule has 44 heavy (non-hydrogen) atoms. The summed E-state index contributed by atoms with van der Waals surface area (Å²) in [5.41, 5.74) is 4.41. The molecule has 1 aliphatic heterocycles. The van der Waals surface area contributed by atoms with E-state index in [-0.39, 0.29) is 0 Å². The van der Waals surface area contributed by atoms with Crippen LogP contribution >= 0.6 is 0 Å². The summed E-state index contributed by atoms with van der Waals surface area (Å²) in [4.78, 5) is 10.1. The number of hydrogen-bond donors (Lipinski definition) is 0. The van der Waals surface area contributed by atoms with E-state index in [9.17, 15) is 0 Å². The fourth-order valence-corrected chi connectivity index (χ4v) is 13.3. The molecule has 1 aliphatic rings. The molecule has 2 aromatic heterocycles. The van der Waals surface area contributed by atoms with E-state index in [2.05, 4.69) is 97.1 Å². The van der Waals surface area contributed by atoms with Crippen molar-refractivity contribution in [3.05, 3.63) is 151 Å². The molecular weight excluding hydrogens is 575 g/mol. The molecule has 0 N–H and O–H groups in total. The Kier molecular flexibility index (Phi) is 6.74. The molecule has 0 saturated carbocycles. The molecule has 0 atom stereocenters. The third-order valence-corrected chi connectivity index (χ3v) is 14.7. The Morgan fingerprint density at radius 2 is 1.25 bits per heavy atom. The highest BCUT2D eigenvalue weighted by Crippen LogP contribution is 2.32. The highest BCUT2D eigenvalue weighted by atomic mass is 28.4. The Labute approximate surface area is 261 Å². The lowest BCUT2D eigenvalue weighted by Crippen LogP contribution is -2.72. The van der Waals surface area contributed by atoms with Gasteiger partial charge in [-0.1, -0.05) is 121 Å². The zero-order chi connectivity index (χ0) is 29.5. The Morgan fingerprint density at radius 3 is 2.02 bits per heavy atom. The van der Waals surface area contributed by atoms with Gasteiger partial charge in [0.15, 0.2) is 0 Å². The van der Waals surface area contributed by atoms with Crippen molar-refractivity contribution in [3.8, 4) is 22.8 Å². The van der Waals surface area contributed by atoms with Crippen LogP contribution in [0.15, 0.2) is 146 Å². The van der Waals surface area contributed by atoms with Crippen LogP contribution in [-0.2, 0) is 3.48 Å². The number of rotatable bonds is 4. The van der Waals surface area contributed by atoms with E-state index in [1.54, 1.807) is 0 Å². The molecule has 3 heterocycles. The van der Waals surface area contributed by atoms with Crippen LogP contribution in [0.2, 0.25) is 0 Å². The summed E-state index contributed by atoms with van der Waals surface area (Å²) < 4.78 is 21.4. The molecule has 0 saturated heterocycles. The van der Waals surface area contributed by atoms with Crippen LogP contribution in [-0.4, -0.2) is 33.4 Å². The first-order chi connectivity index (χ1) is 21.7. The van der Waals surface area contributed by atoms with E-state index in [0.29, 0.717) is 11.5 Å². The van der Waals surface area contributed by atoms with Gasteiger partial charge < -0.3 is 11.1 Å². The van der Waals surface area contributed by atoms with Crippen LogP contribution in [0.4, 0.5) is 0 Å². The summed E-state index contributed by atoms with van der Waals surface area (Å²) in [7, 11) is -3.27. The standard InChI is InChI=1S/C27H20NO2Si.C10H9NO.Al/c29-25-16-9-10-20-18-19-24(28-27(20)25)23-15-7-8-17-26(23)31(30,21-11-3-1-4-12-21)22-13-5-2-6-14-22;1-7-5-6-8-3-2-4-9(12)10(8)11-7;/h1-19,29H;2-6,12H,1H3;/q-1;;+3/p-2. The first kappa shape index (κ1) is 26.8. The minimum atomic E-state index is -3.27. The van der Waals surface area contributed by atoms with Gasteiger partial charge in [0.1, 0.15) is 22.5 Å². The van der Waals surface area contributed by atoms with Crippen LogP contribution in [0.3, 0.4) is 0 Å². The maximum absolute atomic E-state index is 7.59. The molecular formula is C37H27AlN2O3Si. The maximum Gasteiger partial charge on any atom is 1.09 e. The van der Waals surface area contributed by atoms with Crippen molar-refractivity contribution >= 4 is 60.8 Å². The van der Waals surface area contributed by atoms with Crippen molar-refractivity contribution in [1.29, 1.82) is 0 Å². The van der Waals surface area contributed by atoms with Gasteiger partial charge in [0.2, 0.25) is 0 Å². The number of aromatic nitrogens is 2. The summed E-state index contributed by atoms with van der Waals surface area (Å²) in [6.45, 7) is 1.99. The molecule has 7 aromatic rings. The van der Waals surface area contributed by atoms with Gasteiger partial charge in [-0.15, -0.1) is 0 Å². The largest absolute Gasteiger partial charge is 1.09 e. The lowest BCUT2D eigenvalue weighted by molar-refractivity contribution is 0.312. The highest BCUT2D eigenvalue weighted by molar-refractivity contribution is 7.09. The van der Waals surface area contributed by atoms with Gasteiger partial charge in [0, 0.05) is 22.0 Å². The van der Waals surface area contributed by atoms with E-state index in [0.717, 1.165) is 54.3 Å². The van der Waals surface area contributed by atoms with Crippen molar-refractivity contribution in [3.63, 3.8) is 0 Å². The second-order valence-corrected chi connectivity index (χ2v) is 16.0. The average Bonchev–Trinajstić information content (AvgIpc) is 3.08. The smallest absolute Gasteiger partial charge is 0.587 e. The summed E-state index contributed by atoms with van der Waals surface area (Å²) in [5.74, 6) is 1.29. The van der Waals surface area contributed by atoms with Crippen molar-refractivity contribution in [2.45, 2.75) is 6.92 Å². The summed E-state index contributed by atoms with van der Waals surface area (Å²) in [6.07, 6.45) is 0. The Bertz CT molecular complexity index is 2100. The number of fused-ring (bicyclic) bond motifs is 4. The number of pyridine rings is 2. The van der Waals surface area contributed by atoms with Crippen molar-refractivity contribution in [2.75, 3.05) is 0 Å². The lowest BCUT2D eigenvalue weighted by Gasteiger charge is -2.37. The van der Waals surface area contributed by atoms with Gasteiger partial charge in [-0.2, -0.15) is 0 Å². The zero-order valence-electron chi connectivity index (χ0n) is 24.1. The van der Waals surface area contributed by atoms with Crippen LogP contribution in [0.5, 0.6) is 11.5 Å². The highest BCUT2D eigenvalue weighted by Gasteiger charge is 2.54. The van der Waals surface area contributed by atoms with E-state index < -0.39 is 23.5 Å². The third-order valence-electron chi connectivity index (χ3n) is 8.17. The molecule has 0 spiro atoms. The van der Waals surface area contributed by atoms with Gasteiger partial charge in [-0.3, -0.25) is 0 Å². The van der Waals surface area contributed by atoms with Gasteiger partial charge in [-0.25, -0.2) is 9.97 Å². The summed E-state index contributed by atoms with van der Waals surface area (Å²) >= 11 is -3.05. The summed E-state index contributed by atoms with van der Waals surface area (Å²) in [5, 5.41) is 5.29. The van der Waals surface area contributed by atoms with E-state index in [4.69, 9.17) is 21.0 Å². The molecule has 5 aromatic carbocycles. The van der Waals surface area contributed by atoms with E-state index in [1.807, 2.05) is 55.5 Å². The molecule has 0 amide bonds. The molecule has 5 nitrogen and oxygen atoms in total. The van der Waals surface area contributed by atoms with Crippen molar-refractivity contribution in [1.82, 2.24) is 9.97 Å². The van der Waals surface area contributed by atoms with Crippen molar-refractivity contribution in [2.24, 2.45) is 0 Å². The van der Waals surface area contributed by atoms with Crippen LogP contribution in [0.1, 0.15) is 5.69 Å². The van der Waals surface area contributed by atoms with Crippen LogP contribution in [0.25, 0.3) is 33.1 Å². The Hall–Kier alpha value is -4.77. The van der Waals surface area contributed by atoms with Gasteiger partial charge >= 0.3 is 15.1 Å². The van der Waals surface area contributed by atoms with Crippen LogP contribution < -0.4 is 23.1 Å². The molecule has 8 rings (SSSR count). The van der Waals surface area contributed by atoms with Crippen molar-refractivity contribution < 1.29 is 11.1 Å². The second kappa shape index (κ2) is 11.1. The number of nitrogens with zero attached hydrogens (tertiary/aromatic N) is 2. The van der Waals surface area contributed by atoms with Crippen LogP contribution in [0, 0.1) is 6.92 Å². The SMILES string of the molecule is Cc1ccc2cccc([O][Al]3[O]c4cccc5ccc(nc45)-c4ccccc4[Si](c4ccccc4)(c4ccccc4)[O]3)c2n1. The summed E-state index contributed by atoms with van der Waals surface area (Å²) in [6, 6.07) is 49.9. The monoisotopic (exact) mass is 602 g/mol. The van der Waals surface area contributed by atoms with Gasteiger partial charge in [-0.05, 0) is 46.7 Å². The normalized spacial score (nSPS) is 13.8. The fourth-order valence-electron chi connectivity index (χ4n) is 6.14. The molecule has 0 fully saturated rings. The minimum absolute atomic E-state index is 0.645. The number of hydrogen-bond acceptors (Lipinski definition) is 5. The third kappa shape index (κ3) is 4.59. The number of benzene rings is 5.